The first-order valence-electron chi connectivity index (χ1n) is 25.7. The molecule has 0 saturated heterocycles. The molecule has 0 saturated carbocycles. The number of carbonyl (C=O) groups is 3. The molecule has 6 rings (SSSR count). The molecule has 0 bridgehead atoms. The molecule has 6 atom stereocenters. The Labute approximate surface area is 518 Å². The molecule has 6 aromatic rings. The molecule has 92 heavy (non-hydrogen) atoms. The van der Waals surface area contributed by atoms with Crippen molar-refractivity contribution in [1.29, 1.82) is 0 Å². The number of aromatic nitrogens is 3. The lowest BCUT2D eigenvalue weighted by molar-refractivity contribution is -0.150. The van der Waals surface area contributed by atoms with Gasteiger partial charge in [0.15, 0.2) is 95.6 Å². The summed E-state index contributed by atoms with van der Waals surface area (Å²) in [5.41, 5.74) is -13.6. The summed E-state index contributed by atoms with van der Waals surface area (Å²) in [6.45, 7) is 2.90. The van der Waals surface area contributed by atoms with Crippen LogP contribution in [0.25, 0.3) is 33.4 Å². The maximum absolute atomic E-state index is 15.1. The molecular formula is C54H57F6N6O22PS3. The fourth-order valence-electron chi connectivity index (χ4n) is 9.29. The third-order valence-electron chi connectivity index (χ3n) is 15.9. The zero-order chi connectivity index (χ0) is 69.8. The van der Waals surface area contributed by atoms with Gasteiger partial charge in [0.2, 0.25) is 17.5 Å². The molecule has 3 amide bonds. The SMILES string of the molecule is COc1ccc(-c2ccn([C@](C)(O)[C@](C)(C(=O)NOP(=O)(ONC(=O)[C@@](C)([C@@](C)(O)n3ccc(-c4ccc(OC)c(F)c4F)cc3=O)S(C)(=O)=O)ONC(=O)[C@@](C)([C@@](C)(O)n3ccc(-c4ccc(OC)c(F)c4F)cc3=O)S(C)(=O)=O)S(C)(=O)=O)c(=O)c2)c(F)c1F. The van der Waals surface area contributed by atoms with Crippen LogP contribution in [-0.2, 0) is 79.5 Å². The van der Waals surface area contributed by atoms with Gasteiger partial charge in [-0.15, -0.1) is 0 Å². The Balaban J connectivity index is 1.43. The van der Waals surface area contributed by atoms with Gasteiger partial charge in [-0.1, -0.05) is 0 Å². The molecule has 500 valence electrons. The molecule has 38 heteroatoms. The first kappa shape index (κ1) is 72.8. The third kappa shape index (κ3) is 12.3. The quantitative estimate of drug-likeness (QED) is 0.0288. The summed E-state index contributed by atoms with van der Waals surface area (Å²) in [6, 6.07) is 10.2. The van der Waals surface area contributed by atoms with Gasteiger partial charge in [0.1, 0.15) is 0 Å². The molecule has 0 spiro atoms. The van der Waals surface area contributed by atoms with E-state index in [1.54, 1.807) is 0 Å². The van der Waals surface area contributed by atoms with Crippen LogP contribution < -0.4 is 47.3 Å². The molecule has 0 aliphatic carbocycles. The molecule has 0 aliphatic rings. The van der Waals surface area contributed by atoms with Crippen LogP contribution in [0.15, 0.2) is 106 Å². The second kappa shape index (κ2) is 25.3. The van der Waals surface area contributed by atoms with Crippen LogP contribution in [0.2, 0.25) is 0 Å². The van der Waals surface area contributed by atoms with Gasteiger partial charge in [-0.25, -0.2) is 59.4 Å². The highest BCUT2D eigenvalue weighted by Gasteiger charge is 2.63. The molecule has 6 N–H and O–H groups in total. The Kier molecular flexibility index (Phi) is 20.0. The maximum Gasteiger partial charge on any atom is 0.539 e. The van der Waals surface area contributed by atoms with Gasteiger partial charge in [0.25, 0.3) is 34.4 Å². The lowest BCUT2D eigenvalue weighted by Crippen LogP contribution is -2.66. The third-order valence-corrected chi connectivity index (χ3v) is 23.0. The summed E-state index contributed by atoms with van der Waals surface area (Å²) in [5.74, 6) is -17.3. The molecular weight excluding hydrogens is 1330 g/mol. The van der Waals surface area contributed by atoms with Crippen molar-refractivity contribution in [2.45, 2.75) is 73.0 Å². The number of methoxy groups -OCH3 is 3. The number of amides is 3. The Morgan fingerprint density at radius 2 is 0.641 bits per heavy atom. The highest BCUT2D eigenvalue weighted by molar-refractivity contribution is 7.93. The molecule has 3 heterocycles. The minimum absolute atomic E-state index is 0.184. The average molecular weight is 1380 g/mol. The Bertz CT molecular complexity index is 4150. The van der Waals surface area contributed by atoms with Crippen molar-refractivity contribution in [3.05, 3.63) is 157 Å². The van der Waals surface area contributed by atoms with E-state index in [1.165, 1.54) is 16.4 Å². The van der Waals surface area contributed by atoms with E-state index < -0.39 is 172 Å². The number of phosphoric acid groups is 1. The zero-order valence-corrected chi connectivity index (χ0v) is 53.4. The number of benzene rings is 3. The van der Waals surface area contributed by atoms with Crippen LogP contribution >= 0.6 is 7.82 Å². The van der Waals surface area contributed by atoms with E-state index in [4.69, 9.17) is 28.1 Å². The van der Waals surface area contributed by atoms with Gasteiger partial charge < -0.3 is 29.5 Å². The van der Waals surface area contributed by atoms with Gasteiger partial charge in [0.05, 0.1) is 21.3 Å². The predicted octanol–water partition coefficient (Wildman–Crippen LogP) is 3.09. The number of sulfone groups is 3. The number of ether oxygens (including phenoxy) is 3. The molecule has 3 aromatic heterocycles. The van der Waals surface area contributed by atoms with Crippen LogP contribution in [-0.4, -0.2) is 126 Å². The van der Waals surface area contributed by atoms with Crippen LogP contribution in [0, 0.1) is 34.9 Å². The van der Waals surface area contributed by atoms with Gasteiger partial charge in [-0.3, -0.25) is 42.5 Å². The van der Waals surface area contributed by atoms with Gasteiger partial charge in [0, 0.05) is 72.2 Å². The van der Waals surface area contributed by atoms with E-state index >= 15 is 13.2 Å². The highest BCUT2D eigenvalue weighted by Crippen LogP contribution is 2.49. The summed E-state index contributed by atoms with van der Waals surface area (Å²) in [5, 5.41) is 36.1. The molecule has 0 aliphatic heterocycles. The van der Waals surface area contributed by atoms with E-state index in [0.29, 0.717) is 97.1 Å². The van der Waals surface area contributed by atoms with Crippen LogP contribution in [0.1, 0.15) is 41.5 Å². The second-order valence-electron chi connectivity index (χ2n) is 21.2. The monoisotopic (exact) mass is 1380 g/mol. The molecule has 28 nitrogen and oxygen atoms in total. The van der Waals surface area contributed by atoms with Crippen molar-refractivity contribution in [3.63, 3.8) is 0 Å². The number of aliphatic hydroxyl groups is 3. The number of halogens is 6. The number of carbonyl (C=O) groups excluding carboxylic acids is 3. The summed E-state index contributed by atoms with van der Waals surface area (Å²) >= 11 is 0. The smallest absolute Gasteiger partial charge is 0.494 e. The standard InChI is InChI=1S/C54H57F6N6O22PS3/c1-49(90(10,77)78,52(4,73)64-22-19-28(25-37(64)67)31-13-16-34(83-7)43(58)40(31)55)46(70)61-86-89(76,87-62-47(71)50(2,91(11,79)80)53(5,74)65-23-20-29(26-38(65)68)32-14-17-35(84-8)44(59)41(32)56)88-63-48(72)51(3,92(12,81)82)54(6,75)66-24-21-30(27-39(66)69)33-15-18-36(85-9)45(60)42(33)57/h13-27,73-75H,1-12H3,(H,61,70)(H,62,71)(H,63,72)/t49-,50-,51-,52+,53+,54+/m0/s1. The fourth-order valence-corrected chi connectivity index (χ4v) is 13.5. The fraction of sp³-hybridized carbons (Fsp3) is 0.333. The number of hydroxylamine groups is 3. The van der Waals surface area contributed by atoms with E-state index in [1.807, 2.05) is 0 Å². The Morgan fingerprint density at radius 1 is 0.424 bits per heavy atom. The predicted molar refractivity (Wildman–Crippen MR) is 310 cm³/mol. The summed E-state index contributed by atoms with van der Waals surface area (Å²) in [7, 11) is -19.3. The van der Waals surface area contributed by atoms with Crippen molar-refractivity contribution in [2.24, 2.45) is 0 Å². The number of nitrogens with zero attached hydrogens (tertiary/aromatic N) is 3. The zero-order valence-electron chi connectivity index (χ0n) is 50.0. The van der Waals surface area contributed by atoms with Crippen LogP contribution in [0.4, 0.5) is 26.3 Å². The van der Waals surface area contributed by atoms with Crippen molar-refractivity contribution >= 4 is 55.1 Å². The van der Waals surface area contributed by atoms with Crippen molar-refractivity contribution in [2.75, 3.05) is 40.1 Å². The molecule has 3 aromatic carbocycles. The molecule has 0 radical (unpaired) electrons. The number of hydrogen-bond acceptors (Lipinski definition) is 22. The minimum Gasteiger partial charge on any atom is -0.494 e. The van der Waals surface area contributed by atoms with Crippen LogP contribution in [0.5, 0.6) is 17.2 Å². The minimum atomic E-state index is -6.57. The Hall–Kier alpha value is -8.26. The van der Waals surface area contributed by atoms with E-state index in [2.05, 4.69) is 0 Å². The maximum atomic E-state index is 15.1. The first-order valence-corrected chi connectivity index (χ1v) is 32.9. The number of hydrogen-bond donors (Lipinski definition) is 6. The van der Waals surface area contributed by atoms with Gasteiger partial charge in [-0.2, -0.15) is 27.0 Å². The van der Waals surface area contributed by atoms with E-state index in [0.717, 1.165) is 75.9 Å². The Morgan fingerprint density at radius 3 is 0.826 bits per heavy atom. The second-order valence-corrected chi connectivity index (χ2v) is 29.7. The average Bonchev–Trinajstić information content (AvgIpc) is 0.741. The molecule has 0 fully saturated rings. The van der Waals surface area contributed by atoms with Crippen molar-refractivity contribution < 1.29 is 114 Å². The van der Waals surface area contributed by atoms with E-state index in [9.17, 15) is 87.1 Å². The topological polar surface area (TPSA) is 389 Å². The lowest BCUT2D eigenvalue weighted by Gasteiger charge is -2.41. The van der Waals surface area contributed by atoms with Crippen molar-refractivity contribution in [3.8, 4) is 50.6 Å². The summed E-state index contributed by atoms with van der Waals surface area (Å²) < 4.78 is 205. The van der Waals surface area contributed by atoms with Gasteiger partial charge >= 0.3 is 7.82 Å². The first-order chi connectivity index (χ1) is 42.1. The summed E-state index contributed by atoms with van der Waals surface area (Å²) in [4.78, 5) is 84.3. The number of pyridine rings is 3. The van der Waals surface area contributed by atoms with Gasteiger partial charge in [-0.05, 0) is 113 Å². The summed E-state index contributed by atoms with van der Waals surface area (Å²) in [6.07, 6.45) is 2.75. The largest absolute Gasteiger partial charge is 0.539 e. The van der Waals surface area contributed by atoms with Crippen LogP contribution in [0.3, 0.4) is 0 Å². The molecule has 0 unspecified atom stereocenters. The van der Waals surface area contributed by atoms with Crippen molar-refractivity contribution in [1.82, 2.24) is 30.1 Å². The number of nitrogens with one attached hydrogen (secondary N) is 3. The lowest BCUT2D eigenvalue weighted by atomic mass is 9.96. The highest BCUT2D eigenvalue weighted by atomic mass is 32.2. The number of rotatable bonds is 24. The van der Waals surface area contributed by atoms with E-state index in [-0.39, 0.29) is 30.4 Å². The normalized spacial score (nSPS) is 16.2.